The van der Waals surface area contributed by atoms with Gasteiger partial charge in [-0.3, -0.25) is 4.90 Å². The Morgan fingerprint density at radius 2 is 2.00 bits per heavy atom. The summed E-state index contributed by atoms with van der Waals surface area (Å²) in [6, 6.07) is 0.631. The van der Waals surface area contributed by atoms with Crippen LogP contribution in [0.3, 0.4) is 0 Å². The molecule has 0 aromatic rings. The second-order valence-electron chi connectivity index (χ2n) is 7.00. The molecule has 0 aromatic heterocycles. The van der Waals surface area contributed by atoms with E-state index in [2.05, 4.69) is 9.62 Å². The molecular weight excluding hydrogens is 304 g/mol. The number of nitrogens with zero attached hydrogens (tertiary/aromatic N) is 1. The fourth-order valence-electron chi connectivity index (χ4n) is 4.05. The average molecular weight is 332 g/mol. The van der Waals surface area contributed by atoms with Gasteiger partial charge in [0.2, 0.25) is 10.0 Å². The second-order valence-corrected chi connectivity index (χ2v) is 8.83. The number of likely N-dealkylation sites (tertiary alicyclic amines) is 1. The fourth-order valence-corrected chi connectivity index (χ4v) is 4.54. The summed E-state index contributed by atoms with van der Waals surface area (Å²) in [7, 11) is -3.14. The molecule has 0 bridgehead atoms. The van der Waals surface area contributed by atoms with Crippen LogP contribution in [-0.2, 0) is 19.5 Å². The number of hydrogen-bond acceptors (Lipinski definition) is 5. The molecule has 128 valence electrons. The van der Waals surface area contributed by atoms with Crippen molar-refractivity contribution < 1.29 is 17.9 Å². The average Bonchev–Trinajstić information content (AvgIpc) is 2.89. The van der Waals surface area contributed by atoms with Gasteiger partial charge in [0.15, 0.2) is 0 Å². The van der Waals surface area contributed by atoms with Crippen LogP contribution in [-0.4, -0.2) is 70.2 Å². The maximum atomic E-state index is 11.3. The lowest BCUT2D eigenvalue weighted by atomic mass is 9.90. The Hall–Kier alpha value is -0.210. The number of rotatable bonds is 4. The van der Waals surface area contributed by atoms with Crippen LogP contribution in [0.4, 0.5) is 0 Å². The quantitative estimate of drug-likeness (QED) is 0.822. The zero-order chi connectivity index (χ0) is 15.6. The van der Waals surface area contributed by atoms with Crippen molar-refractivity contribution in [3.8, 4) is 0 Å². The molecule has 3 aliphatic rings. The summed E-state index contributed by atoms with van der Waals surface area (Å²) >= 11 is 0. The van der Waals surface area contributed by atoms with E-state index in [0.29, 0.717) is 12.6 Å². The van der Waals surface area contributed by atoms with E-state index in [9.17, 15) is 8.42 Å². The van der Waals surface area contributed by atoms with E-state index >= 15 is 0 Å². The Kier molecular flexibility index (Phi) is 5.09. The van der Waals surface area contributed by atoms with Crippen molar-refractivity contribution in [2.45, 2.75) is 56.3 Å². The molecule has 3 rings (SSSR count). The zero-order valence-electron chi connectivity index (χ0n) is 13.4. The molecule has 0 amide bonds. The van der Waals surface area contributed by atoms with Crippen LogP contribution >= 0.6 is 0 Å². The lowest BCUT2D eigenvalue weighted by Crippen LogP contribution is -2.48. The molecule has 3 saturated heterocycles. The molecule has 0 aromatic carbocycles. The normalized spacial score (nSPS) is 35.2. The SMILES string of the molecule is CS(=O)(=O)NC[C@@H]1CCC[C@]2(CCN(C3CCOCC3)C2)O1. The van der Waals surface area contributed by atoms with Crippen LogP contribution in [0.25, 0.3) is 0 Å². The minimum atomic E-state index is -3.14. The van der Waals surface area contributed by atoms with Crippen molar-refractivity contribution in [2.24, 2.45) is 0 Å². The first-order valence-corrected chi connectivity index (χ1v) is 10.3. The summed E-state index contributed by atoms with van der Waals surface area (Å²) in [4.78, 5) is 2.56. The van der Waals surface area contributed by atoms with Crippen molar-refractivity contribution >= 4 is 10.0 Å². The molecular formula is C15H28N2O4S. The molecule has 6 nitrogen and oxygen atoms in total. The lowest BCUT2D eigenvalue weighted by molar-refractivity contribution is -0.120. The van der Waals surface area contributed by atoms with Crippen molar-refractivity contribution in [1.82, 2.24) is 9.62 Å². The zero-order valence-corrected chi connectivity index (χ0v) is 14.2. The summed E-state index contributed by atoms with van der Waals surface area (Å²) < 4.78 is 36.9. The Labute approximate surface area is 133 Å². The molecule has 3 heterocycles. The van der Waals surface area contributed by atoms with Crippen molar-refractivity contribution in [2.75, 3.05) is 39.1 Å². The van der Waals surface area contributed by atoms with E-state index < -0.39 is 10.0 Å². The molecule has 1 N–H and O–H groups in total. The number of sulfonamides is 1. The Morgan fingerprint density at radius 1 is 1.23 bits per heavy atom. The monoisotopic (exact) mass is 332 g/mol. The highest BCUT2D eigenvalue weighted by Gasteiger charge is 2.44. The standard InChI is InChI=1S/C15H28N2O4S/c1-22(18,19)16-11-14-3-2-6-15(21-14)7-8-17(12-15)13-4-9-20-10-5-13/h13-14,16H,2-12H2,1H3/t14-,15+/m0/s1. The molecule has 22 heavy (non-hydrogen) atoms. The van der Waals surface area contributed by atoms with Gasteiger partial charge in [0.25, 0.3) is 0 Å². The lowest BCUT2D eigenvalue weighted by Gasteiger charge is -2.40. The van der Waals surface area contributed by atoms with Crippen LogP contribution in [0, 0.1) is 0 Å². The smallest absolute Gasteiger partial charge is 0.208 e. The number of nitrogens with one attached hydrogen (secondary N) is 1. The van der Waals surface area contributed by atoms with E-state index in [4.69, 9.17) is 9.47 Å². The van der Waals surface area contributed by atoms with Crippen molar-refractivity contribution in [3.05, 3.63) is 0 Å². The Bertz CT molecular complexity index is 478. The minimum absolute atomic E-state index is 0.0121. The van der Waals surface area contributed by atoms with Gasteiger partial charge in [-0.25, -0.2) is 13.1 Å². The molecule has 3 fully saturated rings. The Morgan fingerprint density at radius 3 is 2.73 bits per heavy atom. The highest BCUT2D eigenvalue weighted by Crippen LogP contribution is 2.38. The predicted octanol–water partition coefficient (Wildman–Crippen LogP) is 0.728. The van der Waals surface area contributed by atoms with Gasteiger partial charge in [0.05, 0.1) is 18.0 Å². The van der Waals surface area contributed by atoms with Crippen LogP contribution in [0.5, 0.6) is 0 Å². The highest BCUT2D eigenvalue weighted by atomic mass is 32.2. The molecule has 2 atom stereocenters. The van der Waals surface area contributed by atoms with Gasteiger partial charge in [0, 0.05) is 38.9 Å². The topological polar surface area (TPSA) is 67.9 Å². The highest BCUT2D eigenvalue weighted by molar-refractivity contribution is 7.88. The van der Waals surface area contributed by atoms with Crippen LogP contribution in [0.15, 0.2) is 0 Å². The van der Waals surface area contributed by atoms with E-state index in [-0.39, 0.29) is 11.7 Å². The van der Waals surface area contributed by atoms with Crippen LogP contribution in [0.1, 0.15) is 38.5 Å². The summed E-state index contributed by atoms with van der Waals surface area (Å²) in [5.74, 6) is 0. The molecule has 0 aliphatic carbocycles. The van der Waals surface area contributed by atoms with E-state index in [1.54, 1.807) is 0 Å². The molecule has 3 aliphatic heterocycles. The molecule has 0 unspecified atom stereocenters. The maximum absolute atomic E-state index is 11.3. The second kappa shape index (κ2) is 6.73. The molecule has 1 spiro atoms. The summed E-state index contributed by atoms with van der Waals surface area (Å²) in [5, 5.41) is 0. The summed E-state index contributed by atoms with van der Waals surface area (Å²) in [6.07, 6.45) is 7.69. The van der Waals surface area contributed by atoms with Crippen LogP contribution < -0.4 is 4.72 Å². The van der Waals surface area contributed by atoms with Gasteiger partial charge < -0.3 is 9.47 Å². The fraction of sp³-hybridized carbons (Fsp3) is 1.00. The van der Waals surface area contributed by atoms with Crippen molar-refractivity contribution in [3.63, 3.8) is 0 Å². The van der Waals surface area contributed by atoms with Gasteiger partial charge in [-0.15, -0.1) is 0 Å². The van der Waals surface area contributed by atoms with Gasteiger partial charge in [0.1, 0.15) is 0 Å². The Balaban J connectivity index is 1.54. The first kappa shape index (κ1) is 16.6. The van der Waals surface area contributed by atoms with Gasteiger partial charge in [-0.05, 0) is 38.5 Å². The van der Waals surface area contributed by atoms with Gasteiger partial charge >= 0.3 is 0 Å². The van der Waals surface area contributed by atoms with E-state index in [1.807, 2.05) is 0 Å². The van der Waals surface area contributed by atoms with E-state index in [1.165, 1.54) is 6.26 Å². The first-order valence-electron chi connectivity index (χ1n) is 8.40. The maximum Gasteiger partial charge on any atom is 0.208 e. The van der Waals surface area contributed by atoms with E-state index in [0.717, 1.165) is 64.8 Å². The first-order chi connectivity index (χ1) is 10.5. The third-order valence-electron chi connectivity index (χ3n) is 5.20. The summed E-state index contributed by atoms with van der Waals surface area (Å²) in [5.41, 5.74) is -0.0552. The van der Waals surface area contributed by atoms with Crippen molar-refractivity contribution in [1.29, 1.82) is 0 Å². The third kappa shape index (κ3) is 4.20. The minimum Gasteiger partial charge on any atom is -0.381 e. The number of hydrogen-bond donors (Lipinski definition) is 1. The largest absolute Gasteiger partial charge is 0.381 e. The van der Waals surface area contributed by atoms with Crippen LogP contribution in [0.2, 0.25) is 0 Å². The third-order valence-corrected chi connectivity index (χ3v) is 5.89. The summed E-state index contributed by atoms with van der Waals surface area (Å²) in [6.45, 7) is 4.23. The van der Waals surface area contributed by atoms with Gasteiger partial charge in [-0.1, -0.05) is 0 Å². The molecule has 0 radical (unpaired) electrons. The molecule has 7 heteroatoms. The van der Waals surface area contributed by atoms with Gasteiger partial charge in [-0.2, -0.15) is 0 Å². The predicted molar refractivity (Wildman–Crippen MR) is 84.3 cm³/mol. The molecule has 0 saturated carbocycles. The number of ether oxygens (including phenoxy) is 2.